The summed E-state index contributed by atoms with van der Waals surface area (Å²) in [7, 11) is -2.97. The van der Waals surface area contributed by atoms with Gasteiger partial charge < -0.3 is 15.8 Å². The van der Waals surface area contributed by atoms with Crippen molar-refractivity contribution >= 4 is 45.5 Å². The second kappa shape index (κ2) is 10.8. The van der Waals surface area contributed by atoms with Crippen LogP contribution in [-0.4, -0.2) is 46.1 Å². The third-order valence-electron chi connectivity index (χ3n) is 2.72. The highest BCUT2D eigenvalue weighted by Gasteiger charge is 2.01. The molecule has 0 heterocycles. The standard InChI is InChI=1S/C14H23N3O3S.HI/c1-3-12-5-4-6-13(11-12)17-14(15)16-7-8-20-9-10-21(2,18)19;/h4-6,11H,3,7-10H2,1-2H3,(H3,15,16,17);1H. The van der Waals surface area contributed by atoms with Crippen LogP contribution < -0.4 is 11.1 Å². The third kappa shape index (κ3) is 9.96. The Balaban J connectivity index is 0.00000441. The predicted octanol–water partition coefficient (Wildman–Crippen LogP) is 1.65. The van der Waals surface area contributed by atoms with Gasteiger partial charge in [0, 0.05) is 11.9 Å². The average molecular weight is 441 g/mol. The van der Waals surface area contributed by atoms with E-state index in [-0.39, 0.29) is 36.3 Å². The Labute approximate surface area is 149 Å². The van der Waals surface area contributed by atoms with Crippen molar-refractivity contribution in [2.75, 3.05) is 37.1 Å². The molecule has 1 aromatic rings. The van der Waals surface area contributed by atoms with Gasteiger partial charge in [-0.2, -0.15) is 0 Å². The van der Waals surface area contributed by atoms with Crippen molar-refractivity contribution in [1.82, 2.24) is 0 Å². The van der Waals surface area contributed by atoms with Gasteiger partial charge in [-0.1, -0.05) is 19.1 Å². The number of nitrogens with two attached hydrogens (primary N) is 1. The summed E-state index contributed by atoms with van der Waals surface area (Å²) in [6.45, 7) is 2.99. The van der Waals surface area contributed by atoms with Crippen LogP contribution in [0.4, 0.5) is 5.69 Å². The van der Waals surface area contributed by atoms with Crippen LogP contribution in [0.5, 0.6) is 0 Å². The SMILES string of the molecule is CCc1cccc(NC(N)=NCCOCCS(C)(=O)=O)c1.I. The molecule has 1 aromatic carbocycles. The molecule has 0 radical (unpaired) electrons. The molecule has 3 N–H and O–H groups in total. The highest BCUT2D eigenvalue weighted by molar-refractivity contribution is 14.0. The van der Waals surface area contributed by atoms with Crippen LogP contribution in [0.1, 0.15) is 12.5 Å². The zero-order chi connectivity index (χ0) is 15.7. The van der Waals surface area contributed by atoms with Crippen molar-refractivity contribution in [2.45, 2.75) is 13.3 Å². The lowest BCUT2D eigenvalue weighted by Crippen LogP contribution is -2.23. The van der Waals surface area contributed by atoms with Crippen LogP contribution in [-0.2, 0) is 21.0 Å². The first-order valence-corrected chi connectivity index (χ1v) is 8.88. The van der Waals surface area contributed by atoms with E-state index < -0.39 is 9.84 Å². The summed E-state index contributed by atoms with van der Waals surface area (Å²) in [6.07, 6.45) is 2.14. The van der Waals surface area contributed by atoms with Crippen molar-refractivity contribution in [2.24, 2.45) is 10.7 Å². The fourth-order valence-corrected chi connectivity index (χ4v) is 2.02. The number of aliphatic imine (C=N–C) groups is 1. The van der Waals surface area contributed by atoms with E-state index in [9.17, 15) is 8.42 Å². The van der Waals surface area contributed by atoms with Gasteiger partial charge in [-0.25, -0.2) is 8.42 Å². The van der Waals surface area contributed by atoms with Crippen LogP contribution in [0.2, 0.25) is 0 Å². The summed E-state index contributed by atoms with van der Waals surface area (Å²) in [4.78, 5) is 4.12. The number of sulfone groups is 1. The number of guanidine groups is 1. The molecule has 0 atom stereocenters. The van der Waals surface area contributed by atoms with Crippen molar-refractivity contribution in [3.63, 3.8) is 0 Å². The number of hydrogen-bond acceptors (Lipinski definition) is 4. The fraction of sp³-hybridized carbons (Fsp3) is 0.500. The molecule has 0 fully saturated rings. The summed E-state index contributed by atoms with van der Waals surface area (Å²) >= 11 is 0. The van der Waals surface area contributed by atoms with Crippen LogP contribution in [0.3, 0.4) is 0 Å². The normalized spacial score (nSPS) is 11.8. The third-order valence-corrected chi connectivity index (χ3v) is 3.63. The summed E-state index contributed by atoms with van der Waals surface area (Å²) in [5, 5.41) is 3.01. The molecule has 0 saturated heterocycles. The minimum Gasteiger partial charge on any atom is -0.378 e. The molecule has 8 heteroatoms. The Morgan fingerprint density at radius 1 is 1.36 bits per heavy atom. The lowest BCUT2D eigenvalue weighted by Gasteiger charge is -2.07. The van der Waals surface area contributed by atoms with Gasteiger partial charge in [0.15, 0.2) is 5.96 Å². The van der Waals surface area contributed by atoms with Gasteiger partial charge >= 0.3 is 0 Å². The first-order chi connectivity index (χ1) is 9.90. The lowest BCUT2D eigenvalue weighted by molar-refractivity contribution is 0.157. The number of aryl methyl sites for hydroxylation is 1. The molecule has 0 saturated carbocycles. The van der Waals surface area contributed by atoms with E-state index >= 15 is 0 Å². The molecule has 0 unspecified atom stereocenters. The van der Waals surface area contributed by atoms with Crippen molar-refractivity contribution in [3.05, 3.63) is 29.8 Å². The molecule has 22 heavy (non-hydrogen) atoms. The lowest BCUT2D eigenvalue weighted by atomic mass is 10.1. The van der Waals surface area contributed by atoms with E-state index in [1.54, 1.807) is 0 Å². The number of halogens is 1. The first-order valence-electron chi connectivity index (χ1n) is 6.82. The molecule has 0 aromatic heterocycles. The Kier molecular flexibility index (Phi) is 10.4. The monoisotopic (exact) mass is 441 g/mol. The maximum Gasteiger partial charge on any atom is 0.193 e. The van der Waals surface area contributed by atoms with Crippen molar-refractivity contribution in [1.29, 1.82) is 0 Å². The molecule has 6 nitrogen and oxygen atoms in total. The second-order valence-electron chi connectivity index (χ2n) is 4.69. The van der Waals surface area contributed by atoms with Crippen LogP contribution in [0.25, 0.3) is 0 Å². The van der Waals surface area contributed by atoms with Gasteiger partial charge in [0.2, 0.25) is 0 Å². The summed E-state index contributed by atoms with van der Waals surface area (Å²) < 4.78 is 27.0. The molecular formula is C14H24IN3O3S. The molecule has 0 aliphatic carbocycles. The van der Waals surface area contributed by atoms with Gasteiger partial charge in [-0.15, -0.1) is 24.0 Å². The molecule has 126 valence electrons. The predicted molar refractivity (Wildman–Crippen MR) is 102 cm³/mol. The van der Waals surface area contributed by atoms with E-state index in [1.807, 2.05) is 24.3 Å². The molecular weight excluding hydrogens is 417 g/mol. The molecule has 0 aliphatic heterocycles. The van der Waals surface area contributed by atoms with Crippen LogP contribution in [0, 0.1) is 0 Å². The van der Waals surface area contributed by atoms with Crippen molar-refractivity contribution < 1.29 is 13.2 Å². The van der Waals surface area contributed by atoms with Gasteiger partial charge in [0.05, 0.1) is 25.5 Å². The number of hydrogen-bond donors (Lipinski definition) is 2. The van der Waals surface area contributed by atoms with E-state index in [0.29, 0.717) is 19.1 Å². The Bertz CT molecular complexity index is 576. The van der Waals surface area contributed by atoms with Crippen LogP contribution in [0.15, 0.2) is 29.3 Å². The quantitative estimate of drug-likeness (QED) is 0.277. The number of nitrogens with zero attached hydrogens (tertiary/aromatic N) is 1. The molecule has 0 amide bonds. The zero-order valence-corrected chi connectivity index (χ0v) is 16.1. The second-order valence-corrected chi connectivity index (χ2v) is 6.95. The highest BCUT2D eigenvalue weighted by atomic mass is 127. The average Bonchev–Trinajstić information content (AvgIpc) is 2.41. The van der Waals surface area contributed by atoms with Gasteiger partial charge in [0.1, 0.15) is 9.84 Å². The number of benzene rings is 1. The van der Waals surface area contributed by atoms with Gasteiger partial charge in [-0.3, -0.25) is 4.99 Å². The van der Waals surface area contributed by atoms with Gasteiger partial charge in [0.25, 0.3) is 0 Å². The number of rotatable bonds is 8. The van der Waals surface area contributed by atoms with E-state index in [1.165, 1.54) is 11.8 Å². The maximum atomic E-state index is 10.9. The summed E-state index contributed by atoms with van der Waals surface area (Å²) in [5.74, 6) is 0.337. The highest BCUT2D eigenvalue weighted by Crippen LogP contribution is 2.10. The topological polar surface area (TPSA) is 93.8 Å². The number of nitrogens with one attached hydrogen (secondary N) is 1. The van der Waals surface area contributed by atoms with E-state index in [0.717, 1.165) is 12.1 Å². The molecule has 1 rings (SSSR count). The largest absolute Gasteiger partial charge is 0.378 e. The Morgan fingerprint density at radius 3 is 2.73 bits per heavy atom. The van der Waals surface area contributed by atoms with E-state index in [2.05, 4.69) is 17.2 Å². The minimum absolute atomic E-state index is 0. The van der Waals surface area contributed by atoms with Crippen LogP contribution >= 0.6 is 24.0 Å². The zero-order valence-electron chi connectivity index (χ0n) is 12.9. The smallest absolute Gasteiger partial charge is 0.193 e. The maximum absolute atomic E-state index is 10.9. The number of ether oxygens (including phenoxy) is 1. The first kappa shape index (κ1) is 21.1. The summed E-state index contributed by atoms with van der Waals surface area (Å²) in [6, 6.07) is 7.95. The summed E-state index contributed by atoms with van der Waals surface area (Å²) in [5.41, 5.74) is 7.88. The molecule has 0 aliphatic rings. The van der Waals surface area contributed by atoms with Crippen molar-refractivity contribution in [3.8, 4) is 0 Å². The Hall–Kier alpha value is -0.870. The fourth-order valence-electron chi connectivity index (χ4n) is 1.60. The Morgan fingerprint density at radius 2 is 2.09 bits per heavy atom. The van der Waals surface area contributed by atoms with Gasteiger partial charge in [-0.05, 0) is 24.1 Å². The van der Waals surface area contributed by atoms with E-state index in [4.69, 9.17) is 10.5 Å². The molecule has 0 spiro atoms. The molecule has 0 bridgehead atoms. The minimum atomic E-state index is -2.97. The number of anilines is 1.